The van der Waals surface area contributed by atoms with Crippen LogP contribution in [0.2, 0.25) is 0 Å². The van der Waals surface area contributed by atoms with E-state index in [0.29, 0.717) is 11.5 Å². The number of nitrogens with zero attached hydrogens (tertiary/aromatic N) is 3. The quantitative estimate of drug-likeness (QED) is 0.696. The highest BCUT2D eigenvalue weighted by atomic mass is 32.1. The summed E-state index contributed by atoms with van der Waals surface area (Å²) in [5.74, 6) is 0. The molecule has 0 spiro atoms. The van der Waals surface area contributed by atoms with Crippen molar-refractivity contribution in [2.45, 2.75) is 6.92 Å². The number of ether oxygens (including phenoxy) is 1. The monoisotopic (exact) mass is 187 g/mol. The molecule has 0 N–H and O–H groups in total. The third kappa shape index (κ3) is 1.70. The molecule has 5 nitrogen and oxygen atoms in total. The second-order valence-corrected chi connectivity index (χ2v) is 2.73. The Kier molecular flexibility index (Phi) is 2.98. The fourth-order valence-corrected chi connectivity index (χ4v) is 1.34. The van der Waals surface area contributed by atoms with E-state index >= 15 is 0 Å². The van der Waals surface area contributed by atoms with Gasteiger partial charge in [-0.3, -0.25) is 4.90 Å². The SMILES string of the molecule is CCN(C(=O)OC)c1cnns1. The molecule has 0 saturated heterocycles. The Bertz CT molecular complexity index is 249. The van der Waals surface area contributed by atoms with Crippen LogP contribution in [0, 0.1) is 0 Å². The van der Waals surface area contributed by atoms with Gasteiger partial charge in [0.05, 0.1) is 13.3 Å². The lowest BCUT2D eigenvalue weighted by molar-refractivity contribution is 0.179. The summed E-state index contributed by atoms with van der Waals surface area (Å²) in [5.41, 5.74) is 0. The van der Waals surface area contributed by atoms with E-state index in [4.69, 9.17) is 0 Å². The minimum Gasteiger partial charge on any atom is -0.452 e. The smallest absolute Gasteiger partial charge is 0.414 e. The molecule has 12 heavy (non-hydrogen) atoms. The predicted molar refractivity (Wildman–Crippen MR) is 45.3 cm³/mol. The summed E-state index contributed by atoms with van der Waals surface area (Å²) in [5, 5.41) is 4.33. The van der Waals surface area contributed by atoms with Gasteiger partial charge in [-0.1, -0.05) is 4.49 Å². The predicted octanol–water partition coefficient (Wildman–Crippen LogP) is 1.13. The van der Waals surface area contributed by atoms with Crippen LogP contribution in [0.1, 0.15) is 6.92 Å². The Morgan fingerprint density at radius 1 is 1.83 bits per heavy atom. The Labute approximate surface area is 74.1 Å². The lowest BCUT2D eigenvalue weighted by atomic mass is 10.6. The number of carbonyl (C=O) groups is 1. The highest BCUT2D eigenvalue weighted by Gasteiger charge is 2.15. The summed E-state index contributed by atoms with van der Waals surface area (Å²) in [6.45, 7) is 2.41. The third-order valence-electron chi connectivity index (χ3n) is 1.33. The van der Waals surface area contributed by atoms with E-state index in [9.17, 15) is 4.79 Å². The number of aromatic nitrogens is 2. The van der Waals surface area contributed by atoms with Gasteiger partial charge in [0.2, 0.25) is 0 Å². The molecule has 0 radical (unpaired) electrons. The summed E-state index contributed by atoms with van der Waals surface area (Å²) >= 11 is 1.16. The van der Waals surface area contributed by atoms with Crippen LogP contribution < -0.4 is 4.90 Å². The molecule has 0 unspecified atom stereocenters. The van der Waals surface area contributed by atoms with Crippen molar-refractivity contribution in [3.05, 3.63) is 6.20 Å². The van der Waals surface area contributed by atoms with E-state index in [1.165, 1.54) is 18.2 Å². The van der Waals surface area contributed by atoms with Crippen LogP contribution in [0.15, 0.2) is 6.20 Å². The van der Waals surface area contributed by atoms with Gasteiger partial charge in [-0.25, -0.2) is 4.79 Å². The Morgan fingerprint density at radius 3 is 3.00 bits per heavy atom. The zero-order valence-corrected chi connectivity index (χ0v) is 7.67. The first-order valence-electron chi connectivity index (χ1n) is 3.42. The van der Waals surface area contributed by atoms with Crippen molar-refractivity contribution in [2.24, 2.45) is 0 Å². The number of rotatable bonds is 2. The lowest BCUT2D eigenvalue weighted by Crippen LogP contribution is -2.29. The van der Waals surface area contributed by atoms with Gasteiger partial charge in [-0.2, -0.15) is 0 Å². The van der Waals surface area contributed by atoms with Crippen molar-refractivity contribution in [3.63, 3.8) is 0 Å². The molecule has 0 aliphatic rings. The molecular formula is C6H9N3O2S. The first-order valence-corrected chi connectivity index (χ1v) is 4.19. The standard InChI is InChI=1S/C6H9N3O2S/c1-3-9(6(10)11-2)5-4-7-8-12-5/h4H,3H2,1-2H3. The fourth-order valence-electron chi connectivity index (χ4n) is 0.766. The molecule has 1 amide bonds. The van der Waals surface area contributed by atoms with Crippen LogP contribution in [0.5, 0.6) is 0 Å². The van der Waals surface area contributed by atoms with Crippen molar-refractivity contribution < 1.29 is 9.53 Å². The Balaban J connectivity index is 2.76. The number of anilines is 1. The van der Waals surface area contributed by atoms with Crippen LogP contribution in [-0.2, 0) is 4.74 Å². The van der Waals surface area contributed by atoms with E-state index in [1.54, 1.807) is 0 Å². The van der Waals surface area contributed by atoms with Gasteiger partial charge in [-0.15, -0.1) is 5.10 Å². The van der Waals surface area contributed by atoms with Crippen LogP contribution >= 0.6 is 11.5 Å². The highest BCUT2D eigenvalue weighted by molar-refractivity contribution is 7.10. The van der Waals surface area contributed by atoms with Crippen LogP contribution in [-0.4, -0.2) is 29.3 Å². The molecule has 0 aliphatic carbocycles. The highest BCUT2D eigenvalue weighted by Crippen LogP contribution is 2.16. The number of carbonyl (C=O) groups excluding carboxylic acids is 1. The summed E-state index contributed by atoms with van der Waals surface area (Å²) in [4.78, 5) is 12.6. The van der Waals surface area contributed by atoms with Gasteiger partial charge >= 0.3 is 6.09 Å². The van der Waals surface area contributed by atoms with E-state index < -0.39 is 0 Å². The average Bonchev–Trinajstić information content (AvgIpc) is 2.58. The number of hydrogen-bond donors (Lipinski definition) is 0. The average molecular weight is 187 g/mol. The molecule has 6 heteroatoms. The Hall–Kier alpha value is -1.17. The van der Waals surface area contributed by atoms with Gasteiger partial charge in [0, 0.05) is 18.1 Å². The fraction of sp³-hybridized carbons (Fsp3) is 0.500. The summed E-state index contributed by atoms with van der Waals surface area (Å²) in [6, 6.07) is 0. The van der Waals surface area contributed by atoms with Crippen LogP contribution in [0.4, 0.5) is 9.80 Å². The maximum Gasteiger partial charge on any atom is 0.414 e. The zero-order valence-electron chi connectivity index (χ0n) is 6.85. The lowest BCUT2D eigenvalue weighted by Gasteiger charge is -2.14. The maximum absolute atomic E-state index is 11.1. The number of amides is 1. The second-order valence-electron chi connectivity index (χ2n) is 1.97. The molecule has 0 aromatic carbocycles. The van der Waals surface area contributed by atoms with E-state index in [1.807, 2.05) is 6.92 Å². The van der Waals surface area contributed by atoms with Gasteiger partial charge in [0.25, 0.3) is 0 Å². The summed E-state index contributed by atoms with van der Waals surface area (Å²) in [7, 11) is 1.35. The third-order valence-corrected chi connectivity index (χ3v) is 2.02. The molecule has 1 rings (SSSR count). The first-order chi connectivity index (χ1) is 5.79. The Morgan fingerprint density at radius 2 is 2.58 bits per heavy atom. The molecule has 1 aromatic heterocycles. The first kappa shape index (κ1) is 8.92. The number of methoxy groups -OCH3 is 1. The zero-order chi connectivity index (χ0) is 8.97. The van der Waals surface area contributed by atoms with Crippen molar-refractivity contribution in [3.8, 4) is 0 Å². The summed E-state index contributed by atoms with van der Waals surface area (Å²) in [6.07, 6.45) is 1.15. The normalized spacial score (nSPS) is 9.50. The van der Waals surface area contributed by atoms with Crippen LogP contribution in [0.25, 0.3) is 0 Å². The molecule has 0 bridgehead atoms. The van der Waals surface area contributed by atoms with Gasteiger partial charge in [0.15, 0.2) is 0 Å². The van der Waals surface area contributed by atoms with E-state index in [0.717, 1.165) is 11.5 Å². The van der Waals surface area contributed by atoms with Gasteiger partial charge < -0.3 is 4.74 Å². The van der Waals surface area contributed by atoms with Crippen molar-refractivity contribution in [1.82, 2.24) is 9.59 Å². The van der Waals surface area contributed by atoms with E-state index in [2.05, 4.69) is 14.3 Å². The molecule has 0 aliphatic heterocycles. The molecule has 66 valence electrons. The van der Waals surface area contributed by atoms with Crippen molar-refractivity contribution >= 4 is 22.6 Å². The van der Waals surface area contributed by atoms with Crippen molar-refractivity contribution in [1.29, 1.82) is 0 Å². The number of hydrogen-bond acceptors (Lipinski definition) is 5. The molecule has 0 fully saturated rings. The largest absolute Gasteiger partial charge is 0.452 e. The minimum atomic E-state index is -0.386. The molecule has 0 atom stereocenters. The molecular weight excluding hydrogens is 178 g/mol. The molecule has 1 aromatic rings. The van der Waals surface area contributed by atoms with Crippen molar-refractivity contribution in [2.75, 3.05) is 18.6 Å². The van der Waals surface area contributed by atoms with Gasteiger partial charge in [-0.05, 0) is 6.92 Å². The molecule has 1 heterocycles. The van der Waals surface area contributed by atoms with Crippen LogP contribution in [0.3, 0.4) is 0 Å². The topological polar surface area (TPSA) is 55.3 Å². The van der Waals surface area contributed by atoms with E-state index in [-0.39, 0.29) is 6.09 Å². The summed E-state index contributed by atoms with van der Waals surface area (Å²) < 4.78 is 8.22. The second kappa shape index (κ2) is 4.01. The molecule has 0 saturated carbocycles. The van der Waals surface area contributed by atoms with Gasteiger partial charge in [0.1, 0.15) is 5.00 Å². The maximum atomic E-state index is 11.1. The minimum absolute atomic E-state index is 0.386.